The third-order valence-electron chi connectivity index (χ3n) is 3.06. The SMILES string of the molecule is CCNC(=O)c1c(C)oc2nc[nH]c(=O)c12.Fc1ccccc1F. The lowest BCUT2D eigenvalue weighted by molar-refractivity contribution is 0.0955. The zero-order valence-corrected chi connectivity index (χ0v) is 13.0. The Morgan fingerprint density at radius 1 is 1.29 bits per heavy atom. The molecule has 0 saturated carbocycles. The van der Waals surface area contributed by atoms with Crippen molar-refractivity contribution < 1.29 is 18.0 Å². The molecule has 0 radical (unpaired) electrons. The number of hydrogen-bond donors (Lipinski definition) is 2. The molecule has 0 unspecified atom stereocenters. The molecule has 0 aliphatic carbocycles. The smallest absolute Gasteiger partial charge is 0.262 e. The van der Waals surface area contributed by atoms with Crippen LogP contribution < -0.4 is 10.9 Å². The maximum Gasteiger partial charge on any atom is 0.262 e. The number of aryl methyl sites for hydroxylation is 1. The molecular formula is C16H15F2N3O3. The van der Waals surface area contributed by atoms with Crippen molar-refractivity contribution in [3.63, 3.8) is 0 Å². The molecule has 0 bridgehead atoms. The number of aromatic amines is 1. The number of nitrogens with one attached hydrogen (secondary N) is 2. The molecule has 2 aromatic heterocycles. The molecule has 0 aliphatic heterocycles. The highest BCUT2D eigenvalue weighted by Gasteiger charge is 2.20. The van der Waals surface area contributed by atoms with Crippen molar-refractivity contribution in [2.75, 3.05) is 6.54 Å². The van der Waals surface area contributed by atoms with E-state index in [0.717, 1.165) is 12.1 Å². The Balaban J connectivity index is 0.000000219. The Hall–Kier alpha value is -3.03. The van der Waals surface area contributed by atoms with Crippen molar-refractivity contribution >= 4 is 17.0 Å². The molecule has 126 valence electrons. The Labute approximate surface area is 135 Å². The predicted octanol–water partition coefficient (Wildman–Crippen LogP) is 2.54. The highest BCUT2D eigenvalue weighted by atomic mass is 19.2. The minimum atomic E-state index is -0.799. The maximum absolute atomic E-state index is 11.9. The van der Waals surface area contributed by atoms with E-state index in [9.17, 15) is 18.4 Å². The van der Waals surface area contributed by atoms with Gasteiger partial charge in [-0.15, -0.1) is 0 Å². The topological polar surface area (TPSA) is 88.0 Å². The normalized spacial score (nSPS) is 10.2. The summed E-state index contributed by atoms with van der Waals surface area (Å²) < 4.78 is 29.1. The third kappa shape index (κ3) is 3.65. The van der Waals surface area contributed by atoms with E-state index in [1.165, 1.54) is 18.5 Å². The number of fused-ring (bicyclic) bond motifs is 1. The lowest BCUT2D eigenvalue weighted by Gasteiger charge is -1.99. The van der Waals surface area contributed by atoms with E-state index in [1.807, 2.05) is 0 Å². The van der Waals surface area contributed by atoms with Crippen LogP contribution in [-0.4, -0.2) is 22.4 Å². The van der Waals surface area contributed by atoms with Gasteiger partial charge in [-0.1, -0.05) is 12.1 Å². The predicted molar refractivity (Wildman–Crippen MR) is 83.7 cm³/mol. The molecule has 0 aliphatic rings. The van der Waals surface area contributed by atoms with Crippen molar-refractivity contribution in [2.45, 2.75) is 13.8 Å². The van der Waals surface area contributed by atoms with Gasteiger partial charge in [0.25, 0.3) is 11.5 Å². The first-order valence-corrected chi connectivity index (χ1v) is 7.10. The maximum atomic E-state index is 11.9. The molecule has 0 fully saturated rings. The number of carbonyl (C=O) groups excluding carboxylic acids is 1. The summed E-state index contributed by atoms with van der Waals surface area (Å²) in [5.74, 6) is -1.53. The molecule has 8 heteroatoms. The van der Waals surface area contributed by atoms with Crippen LogP contribution in [0.3, 0.4) is 0 Å². The van der Waals surface area contributed by atoms with Crippen molar-refractivity contribution in [2.24, 2.45) is 0 Å². The average Bonchev–Trinajstić information content (AvgIpc) is 2.89. The number of halogens is 2. The Bertz CT molecular complexity index is 897. The van der Waals surface area contributed by atoms with Crippen LogP contribution in [0.1, 0.15) is 23.0 Å². The Morgan fingerprint density at radius 3 is 2.46 bits per heavy atom. The number of rotatable bonds is 2. The van der Waals surface area contributed by atoms with Gasteiger partial charge in [0.05, 0.1) is 11.9 Å². The molecule has 0 spiro atoms. The highest BCUT2D eigenvalue weighted by Crippen LogP contribution is 2.19. The second-order valence-corrected chi connectivity index (χ2v) is 4.72. The summed E-state index contributed by atoms with van der Waals surface area (Å²) >= 11 is 0. The van der Waals surface area contributed by atoms with E-state index in [2.05, 4.69) is 15.3 Å². The molecule has 0 atom stereocenters. The fourth-order valence-corrected chi connectivity index (χ4v) is 2.01. The average molecular weight is 335 g/mol. The second kappa shape index (κ2) is 7.49. The fraction of sp³-hybridized carbons (Fsp3) is 0.188. The minimum Gasteiger partial charge on any atom is -0.442 e. The van der Waals surface area contributed by atoms with Crippen molar-refractivity contribution in [1.29, 1.82) is 0 Å². The van der Waals surface area contributed by atoms with Crippen LogP contribution in [0.25, 0.3) is 11.1 Å². The molecule has 0 saturated heterocycles. The summed E-state index contributed by atoms with van der Waals surface area (Å²) in [7, 11) is 0. The van der Waals surface area contributed by atoms with Crippen molar-refractivity contribution in [3.05, 3.63) is 63.9 Å². The molecule has 2 N–H and O–H groups in total. The van der Waals surface area contributed by atoms with Gasteiger partial charge in [-0.2, -0.15) is 0 Å². The van der Waals surface area contributed by atoms with Gasteiger partial charge < -0.3 is 14.7 Å². The molecular weight excluding hydrogens is 320 g/mol. The number of hydrogen-bond acceptors (Lipinski definition) is 4. The molecule has 3 rings (SSSR count). The molecule has 1 amide bonds. The van der Waals surface area contributed by atoms with E-state index in [4.69, 9.17) is 4.42 Å². The molecule has 6 nitrogen and oxygen atoms in total. The number of aromatic nitrogens is 2. The van der Waals surface area contributed by atoms with Crippen LogP contribution in [0, 0.1) is 18.6 Å². The summed E-state index contributed by atoms with van der Waals surface area (Å²) in [6.07, 6.45) is 1.25. The zero-order valence-electron chi connectivity index (χ0n) is 13.0. The summed E-state index contributed by atoms with van der Waals surface area (Å²) in [5, 5.41) is 2.83. The minimum absolute atomic E-state index is 0.183. The first kappa shape index (κ1) is 17.3. The lowest BCUT2D eigenvalue weighted by atomic mass is 10.2. The zero-order chi connectivity index (χ0) is 17.7. The van der Waals surface area contributed by atoms with Crippen LogP contribution in [0.4, 0.5) is 8.78 Å². The third-order valence-corrected chi connectivity index (χ3v) is 3.06. The van der Waals surface area contributed by atoms with Gasteiger partial charge in [0, 0.05) is 6.54 Å². The van der Waals surface area contributed by atoms with E-state index in [-0.39, 0.29) is 28.1 Å². The fourth-order valence-electron chi connectivity index (χ4n) is 2.01. The van der Waals surface area contributed by atoms with Crippen LogP contribution in [-0.2, 0) is 0 Å². The van der Waals surface area contributed by atoms with E-state index in [0.29, 0.717) is 12.3 Å². The summed E-state index contributed by atoms with van der Waals surface area (Å²) in [6, 6.07) is 5.04. The van der Waals surface area contributed by atoms with Gasteiger partial charge >= 0.3 is 0 Å². The number of H-pyrrole nitrogens is 1. The van der Waals surface area contributed by atoms with Crippen LogP contribution in [0.2, 0.25) is 0 Å². The number of nitrogens with zero attached hydrogens (tertiary/aromatic N) is 1. The van der Waals surface area contributed by atoms with E-state index in [1.54, 1.807) is 13.8 Å². The van der Waals surface area contributed by atoms with Crippen LogP contribution in [0.15, 0.2) is 39.8 Å². The van der Waals surface area contributed by atoms with Gasteiger partial charge in [0.15, 0.2) is 11.6 Å². The van der Waals surface area contributed by atoms with Gasteiger partial charge in [-0.05, 0) is 26.0 Å². The Kier molecular flexibility index (Phi) is 5.41. The van der Waals surface area contributed by atoms with Crippen LogP contribution >= 0.6 is 0 Å². The number of amides is 1. The van der Waals surface area contributed by atoms with Gasteiger partial charge in [-0.3, -0.25) is 9.59 Å². The summed E-state index contributed by atoms with van der Waals surface area (Å²) in [4.78, 5) is 29.6. The standard InChI is InChI=1S/C10H11N3O3.C6H4F2/c1-3-11-8(14)6-5(2)16-10-7(6)9(15)12-4-13-10;7-5-3-1-2-4-6(5)8/h4H,3H2,1-2H3,(H,11,14)(H,12,13,15);1-4H. The second-order valence-electron chi connectivity index (χ2n) is 4.72. The van der Waals surface area contributed by atoms with Crippen LogP contribution in [0.5, 0.6) is 0 Å². The first-order valence-electron chi connectivity index (χ1n) is 7.10. The van der Waals surface area contributed by atoms with Gasteiger partial charge in [0.1, 0.15) is 11.1 Å². The number of carbonyl (C=O) groups is 1. The van der Waals surface area contributed by atoms with E-state index >= 15 is 0 Å². The summed E-state index contributed by atoms with van der Waals surface area (Å²) in [5.41, 5.74) is 0.0665. The van der Waals surface area contributed by atoms with Crippen molar-refractivity contribution in [1.82, 2.24) is 15.3 Å². The van der Waals surface area contributed by atoms with E-state index < -0.39 is 11.6 Å². The molecule has 3 aromatic rings. The number of benzene rings is 1. The van der Waals surface area contributed by atoms with Crippen molar-refractivity contribution in [3.8, 4) is 0 Å². The highest BCUT2D eigenvalue weighted by molar-refractivity contribution is 6.06. The number of furan rings is 1. The molecule has 24 heavy (non-hydrogen) atoms. The largest absolute Gasteiger partial charge is 0.442 e. The Morgan fingerprint density at radius 2 is 1.92 bits per heavy atom. The molecule has 1 aromatic carbocycles. The lowest BCUT2D eigenvalue weighted by Crippen LogP contribution is -2.24. The quantitative estimate of drug-likeness (QED) is 0.753. The summed E-state index contributed by atoms with van der Waals surface area (Å²) in [6.45, 7) is 3.92. The molecule has 2 heterocycles. The first-order chi connectivity index (χ1) is 11.5. The monoisotopic (exact) mass is 335 g/mol. The van der Waals surface area contributed by atoms with Gasteiger partial charge in [-0.25, -0.2) is 13.8 Å². The van der Waals surface area contributed by atoms with Gasteiger partial charge in [0.2, 0.25) is 5.71 Å².